The zero-order valence-electron chi connectivity index (χ0n) is 17.2. The Morgan fingerprint density at radius 1 is 1.13 bits per heavy atom. The van der Waals surface area contributed by atoms with E-state index in [1.54, 1.807) is 36.4 Å². The van der Waals surface area contributed by atoms with Gasteiger partial charge in [0.05, 0.1) is 34.2 Å². The highest BCUT2D eigenvalue weighted by molar-refractivity contribution is 6.34. The molecule has 158 valence electrons. The molecular formula is C24H23ClN4O2. The first-order valence-corrected chi connectivity index (χ1v) is 10.6. The summed E-state index contributed by atoms with van der Waals surface area (Å²) in [6, 6.07) is 14.6. The van der Waals surface area contributed by atoms with E-state index in [0.29, 0.717) is 35.3 Å². The van der Waals surface area contributed by atoms with E-state index in [1.165, 1.54) is 0 Å². The number of nitrogens with zero attached hydrogens (tertiary/aromatic N) is 3. The van der Waals surface area contributed by atoms with Crippen LogP contribution in [-0.2, 0) is 11.3 Å². The first-order chi connectivity index (χ1) is 15.0. The number of hydrogen-bond donors (Lipinski definition) is 1. The largest absolute Gasteiger partial charge is 0.346 e. The minimum absolute atomic E-state index is 0.0132. The van der Waals surface area contributed by atoms with Gasteiger partial charge in [-0.1, -0.05) is 23.7 Å². The number of carbonyl (C=O) groups is 2. The number of pyridine rings is 2. The first kappa shape index (κ1) is 21.0. The Bertz CT molecular complexity index is 1080. The third-order valence-electron chi connectivity index (χ3n) is 5.23. The van der Waals surface area contributed by atoms with Crippen LogP contribution in [-0.4, -0.2) is 28.3 Å². The number of nitrogens with one attached hydrogen (secondary N) is 1. The average molecular weight is 435 g/mol. The van der Waals surface area contributed by atoms with Gasteiger partial charge in [-0.25, -0.2) is 0 Å². The molecular weight excluding hydrogens is 412 g/mol. The highest BCUT2D eigenvalue weighted by atomic mass is 35.5. The lowest BCUT2D eigenvalue weighted by Gasteiger charge is -2.22. The van der Waals surface area contributed by atoms with Crippen LogP contribution in [0.5, 0.6) is 0 Å². The summed E-state index contributed by atoms with van der Waals surface area (Å²) in [6.45, 7) is 2.62. The smallest absolute Gasteiger partial charge is 0.253 e. The van der Waals surface area contributed by atoms with Gasteiger partial charge in [0.25, 0.3) is 5.91 Å². The Hall–Kier alpha value is -3.25. The van der Waals surface area contributed by atoms with Gasteiger partial charge in [-0.3, -0.25) is 19.6 Å². The summed E-state index contributed by atoms with van der Waals surface area (Å²) in [5.74, 6) is 0.341. The molecule has 0 atom stereocenters. The lowest BCUT2D eigenvalue weighted by molar-refractivity contribution is -0.116. The summed E-state index contributed by atoms with van der Waals surface area (Å²) in [5.41, 5.74) is 3.50. The molecule has 0 aliphatic heterocycles. The van der Waals surface area contributed by atoms with Crippen LogP contribution in [0.1, 0.15) is 35.8 Å². The maximum atomic E-state index is 12.4. The van der Waals surface area contributed by atoms with Crippen molar-refractivity contribution in [3.8, 4) is 11.3 Å². The molecule has 7 heteroatoms. The van der Waals surface area contributed by atoms with Gasteiger partial charge in [0.15, 0.2) is 0 Å². The predicted octanol–water partition coefficient (Wildman–Crippen LogP) is 4.49. The minimum atomic E-state index is -0.213. The number of carbonyl (C=O) groups excluding carboxylic acids is 2. The van der Waals surface area contributed by atoms with E-state index >= 15 is 0 Å². The van der Waals surface area contributed by atoms with Gasteiger partial charge in [-0.15, -0.1) is 0 Å². The number of rotatable bonds is 7. The normalized spacial score (nSPS) is 13.0. The molecule has 0 radical (unpaired) electrons. The van der Waals surface area contributed by atoms with Crippen molar-refractivity contribution in [1.29, 1.82) is 0 Å². The number of aromatic nitrogens is 2. The molecule has 0 saturated heterocycles. The maximum absolute atomic E-state index is 12.4. The maximum Gasteiger partial charge on any atom is 0.253 e. The van der Waals surface area contributed by atoms with Crippen LogP contribution in [0.15, 0.2) is 60.9 Å². The molecule has 31 heavy (non-hydrogen) atoms. The highest BCUT2D eigenvalue weighted by Gasteiger charge is 2.27. The number of anilines is 1. The molecule has 0 spiro atoms. The number of hydrogen-bond acceptors (Lipinski definition) is 4. The fourth-order valence-electron chi connectivity index (χ4n) is 3.31. The zero-order chi connectivity index (χ0) is 21.8. The quantitative estimate of drug-likeness (QED) is 0.594. The molecule has 1 N–H and O–H groups in total. The van der Waals surface area contributed by atoms with Crippen LogP contribution in [0.2, 0.25) is 5.02 Å². The fourth-order valence-corrected chi connectivity index (χ4v) is 3.60. The van der Waals surface area contributed by atoms with Crippen molar-refractivity contribution < 1.29 is 9.59 Å². The summed E-state index contributed by atoms with van der Waals surface area (Å²) in [7, 11) is 0. The molecule has 2 aromatic heterocycles. The van der Waals surface area contributed by atoms with Gasteiger partial charge in [0.1, 0.15) is 0 Å². The Morgan fingerprint density at radius 2 is 1.97 bits per heavy atom. The second-order valence-electron chi connectivity index (χ2n) is 7.68. The van der Waals surface area contributed by atoms with Crippen LogP contribution in [0, 0.1) is 5.92 Å². The third-order valence-corrected chi connectivity index (χ3v) is 5.54. The van der Waals surface area contributed by atoms with Crippen LogP contribution in [0.4, 0.5) is 5.69 Å². The summed E-state index contributed by atoms with van der Waals surface area (Å²) in [5, 5.41) is 3.34. The van der Waals surface area contributed by atoms with Crippen molar-refractivity contribution in [3.05, 3.63) is 77.2 Å². The number of benzene rings is 1. The van der Waals surface area contributed by atoms with Crippen molar-refractivity contribution in [2.45, 2.75) is 26.3 Å². The fraction of sp³-hybridized carbons (Fsp3) is 0.250. The van der Waals surface area contributed by atoms with E-state index < -0.39 is 0 Å². The highest BCUT2D eigenvalue weighted by Crippen LogP contribution is 2.35. The SMILES string of the molecule is CC(=O)N(CC1CC1)c1ccc(-c2ccc(C(=O)NCc3ccccn3)cn2)cc1Cl. The molecule has 2 amide bonds. The van der Waals surface area contributed by atoms with E-state index in [-0.39, 0.29) is 11.8 Å². The molecule has 1 aliphatic carbocycles. The van der Waals surface area contributed by atoms with E-state index in [0.717, 1.165) is 29.8 Å². The molecule has 3 aromatic rings. The zero-order valence-corrected chi connectivity index (χ0v) is 18.0. The Labute approximate surface area is 186 Å². The van der Waals surface area contributed by atoms with Crippen LogP contribution in [0.25, 0.3) is 11.3 Å². The molecule has 1 saturated carbocycles. The van der Waals surface area contributed by atoms with Gasteiger partial charge >= 0.3 is 0 Å². The summed E-state index contributed by atoms with van der Waals surface area (Å²) < 4.78 is 0. The van der Waals surface area contributed by atoms with Gasteiger partial charge in [-0.2, -0.15) is 0 Å². The van der Waals surface area contributed by atoms with Crippen LogP contribution in [0.3, 0.4) is 0 Å². The number of amides is 2. The second-order valence-corrected chi connectivity index (χ2v) is 8.08. The first-order valence-electron chi connectivity index (χ1n) is 10.2. The van der Waals surface area contributed by atoms with Crippen molar-refractivity contribution in [2.75, 3.05) is 11.4 Å². The summed E-state index contributed by atoms with van der Waals surface area (Å²) in [6.07, 6.45) is 5.55. The third kappa shape index (κ3) is 5.27. The molecule has 0 bridgehead atoms. The predicted molar refractivity (Wildman–Crippen MR) is 121 cm³/mol. The van der Waals surface area contributed by atoms with Crippen molar-refractivity contribution in [1.82, 2.24) is 15.3 Å². The van der Waals surface area contributed by atoms with Crippen LogP contribution >= 0.6 is 11.6 Å². The number of halogens is 1. The molecule has 1 fully saturated rings. The molecule has 1 aromatic carbocycles. The Kier molecular flexibility index (Phi) is 6.28. The summed E-state index contributed by atoms with van der Waals surface area (Å²) >= 11 is 6.51. The van der Waals surface area contributed by atoms with E-state index in [9.17, 15) is 9.59 Å². The Morgan fingerprint density at radius 3 is 2.58 bits per heavy atom. The van der Waals surface area contributed by atoms with Crippen molar-refractivity contribution >= 4 is 29.1 Å². The topological polar surface area (TPSA) is 75.2 Å². The van der Waals surface area contributed by atoms with E-state index in [1.807, 2.05) is 36.4 Å². The lowest BCUT2D eigenvalue weighted by atomic mass is 10.1. The Balaban J connectivity index is 1.45. The molecule has 0 unspecified atom stereocenters. The van der Waals surface area contributed by atoms with Gasteiger partial charge < -0.3 is 10.2 Å². The molecule has 1 aliphatic rings. The lowest BCUT2D eigenvalue weighted by Crippen LogP contribution is -2.30. The molecule has 4 rings (SSSR count). The van der Waals surface area contributed by atoms with Crippen LogP contribution < -0.4 is 10.2 Å². The average Bonchev–Trinajstić information content (AvgIpc) is 3.61. The van der Waals surface area contributed by atoms with Gasteiger partial charge in [-0.05, 0) is 55.2 Å². The van der Waals surface area contributed by atoms with E-state index in [2.05, 4.69) is 15.3 Å². The van der Waals surface area contributed by atoms with Crippen molar-refractivity contribution in [3.63, 3.8) is 0 Å². The van der Waals surface area contributed by atoms with Crippen molar-refractivity contribution in [2.24, 2.45) is 5.92 Å². The molecule has 2 heterocycles. The minimum Gasteiger partial charge on any atom is -0.346 e. The standard InChI is InChI=1S/C24H23ClN4O2/c1-16(30)29(15-17-5-6-17)23-10-8-18(12-21(23)25)22-9-7-19(13-27-22)24(31)28-14-20-4-2-3-11-26-20/h2-4,7-13,17H,5-6,14-15H2,1H3,(H,28,31). The summed E-state index contributed by atoms with van der Waals surface area (Å²) in [4.78, 5) is 34.8. The molecule has 6 nitrogen and oxygen atoms in total. The van der Waals surface area contributed by atoms with Gasteiger partial charge in [0, 0.05) is 31.4 Å². The monoisotopic (exact) mass is 434 g/mol. The van der Waals surface area contributed by atoms with E-state index in [4.69, 9.17) is 11.6 Å². The second kappa shape index (κ2) is 9.27. The van der Waals surface area contributed by atoms with Gasteiger partial charge in [0.2, 0.25) is 5.91 Å².